The number of ether oxygens (including phenoxy) is 2. The highest BCUT2D eigenvalue weighted by molar-refractivity contribution is 5.73. The lowest BCUT2D eigenvalue weighted by Gasteiger charge is -2.38. The van der Waals surface area contributed by atoms with Gasteiger partial charge in [-0.2, -0.15) is 0 Å². The van der Waals surface area contributed by atoms with E-state index >= 15 is 0 Å². The van der Waals surface area contributed by atoms with Crippen LogP contribution in [0.15, 0.2) is 48.9 Å². The highest BCUT2D eigenvalue weighted by Gasteiger charge is 2.25. The second kappa shape index (κ2) is 10.7. The van der Waals surface area contributed by atoms with Gasteiger partial charge in [0.25, 0.3) is 0 Å². The highest BCUT2D eigenvalue weighted by Crippen LogP contribution is 2.38. The average Bonchev–Trinajstić information content (AvgIpc) is 3.30. The van der Waals surface area contributed by atoms with Crippen LogP contribution in [0.3, 0.4) is 0 Å². The maximum absolute atomic E-state index is 14.4. The summed E-state index contributed by atoms with van der Waals surface area (Å²) in [5.74, 6) is 2.36. The van der Waals surface area contributed by atoms with Crippen LogP contribution in [-0.4, -0.2) is 66.8 Å². The minimum atomic E-state index is -0.301. The van der Waals surface area contributed by atoms with E-state index in [0.29, 0.717) is 17.1 Å². The van der Waals surface area contributed by atoms with Crippen molar-refractivity contribution in [2.45, 2.75) is 31.7 Å². The quantitative estimate of drug-likeness (QED) is 0.544. The van der Waals surface area contributed by atoms with Crippen molar-refractivity contribution < 1.29 is 13.9 Å². The lowest BCUT2D eigenvalue weighted by molar-refractivity contribution is 0.0517. The minimum Gasteiger partial charge on any atom is -0.451 e. The molecule has 6 rings (SSSR count). The van der Waals surface area contributed by atoms with Crippen molar-refractivity contribution in [1.29, 1.82) is 0 Å². The molecule has 1 atom stereocenters. The number of rotatable bonds is 6. The third-order valence-corrected chi connectivity index (χ3v) is 7.83. The zero-order valence-electron chi connectivity index (χ0n) is 21.1. The summed E-state index contributed by atoms with van der Waals surface area (Å²) in [7, 11) is 0. The monoisotopic (exact) mass is 503 g/mol. The van der Waals surface area contributed by atoms with Crippen molar-refractivity contribution in [2.75, 3.05) is 50.8 Å². The van der Waals surface area contributed by atoms with Crippen LogP contribution in [0, 0.1) is 11.7 Å². The summed E-state index contributed by atoms with van der Waals surface area (Å²) in [6.07, 6.45) is 7.29. The van der Waals surface area contributed by atoms with Gasteiger partial charge in [-0.1, -0.05) is 18.2 Å². The van der Waals surface area contributed by atoms with Crippen LogP contribution in [0.2, 0.25) is 0 Å². The van der Waals surface area contributed by atoms with Gasteiger partial charge in [0.2, 0.25) is 0 Å². The molecule has 8 heteroatoms. The van der Waals surface area contributed by atoms with Crippen LogP contribution in [-0.2, 0) is 17.6 Å². The molecular weight excluding hydrogens is 469 g/mol. The van der Waals surface area contributed by atoms with Crippen LogP contribution < -0.4 is 15.4 Å². The number of piperazine rings is 1. The summed E-state index contributed by atoms with van der Waals surface area (Å²) in [6.45, 7) is 6.62. The normalized spacial score (nSPS) is 20.7. The molecule has 0 bridgehead atoms. The molecule has 2 aliphatic heterocycles. The van der Waals surface area contributed by atoms with Gasteiger partial charge < -0.3 is 20.1 Å². The predicted octanol–water partition coefficient (Wildman–Crippen LogP) is 4.05. The zero-order chi connectivity index (χ0) is 25.2. The van der Waals surface area contributed by atoms with Gasteiger partial charge in [-0.25, -0.2) is 14.4 Å². The van der Waals surface area contributed by atoms with Crippen LogP contribution in [0.25, 0.3) is 11.1 Å². The molecule has 3 heterocycles. The molecule has 3 aromatic rings. The standard InChI is InChI=1S/C29H34FN5O2/c30-24-3-4-27(26(16-24)22-2-1-21-14-25(31)15-23(21)13-22)37-28-17-32-19-33-29(28)35-9-7-34(8-10-35)18-20-5-11-36-12-6-20/h1-4,13,16-17,19-20,25H,5-12,14-15,18,31H2. The second-order valence-electron chi connectivity index (χ2n) is 10.4. The van der Waals surface area contributed by atoms with Gasteiger partial charge in [-0.15, -0.1) is 0 Å². The Morgan fingerprint density at radius 1 is 0.973 bits per heavy atom. The van der Waals surface area contributed by atoms with Crippen molar-refractivity contribution in [3.63, 3.8) is 0 Å². The third kappa shape index (κ3) is 5.46. The maximum Gasteiger partial charge on any atom is 0.188 e. The molecule has 0 amide bonds. The molecule has 1 unspecified atom stereocenters. The van der Waals surface area contributed by atoms with Crippen molar-refractivity contribution in [1.82, 2.24) is 14.9 Å². The van der Waals surface area contributed by atoms with E-state index in [1.807, 2.05) is 6.07 Å². The van der Waals surface area contributed by atoms with Crippen molar-refractivity contribution >= 4 is 5.82 Å². The SMILES string of the molecule is NC1Cc2ccc(-c3cc(F)ccc3Oc3cncnc3N3CCN(CC4CCOCC4)CC3)cc2C1. The van der Waals surface area contributed by atoms with Crippen LogP contribution in [0.1, 0.15) is 24.0 Å². The molecule has 0 saturated carbocycles. The van der Waals surface area contributed by atoms with E-state index in [0.717, 1.165) is 88.9 Å². The third-order valence-electron chi connectivity index (χ3n) is 7.83. The van der Waals surface area contributed by atoms with Gasteiger partial charge in [0, 0.05) is 57.5 Å². The molecule has 194 valence electrons. The van der Waals surface area contributed by atoms with Gasteiger partial charge in [0.1, 0.15) is 17.9 Å². The molecule has 1 aliphatic carbocycles. The summed E-state index contributed by atoms with van der Waals surface area (Å²) >= 11 is 0. The van der Waals surface area contributed by atoms with E-state index in [1.165, 1.54) is 23.3 Å². The molecule has 0 spiro atoms. The molecule has 2 aromatic carbocycles. The number of nitrogens with zero attached hydrogens (tertiary/aromatic N) is 4. The first-order valence-electron chi connectivity index (χ1n) is 13.3. The van der Waals surface area contributed by atoms with Crippen LogP contribution >= 0.6 is 0 Å². The van der Waals surface area contributed by atoms with Gasteiger partial charge in [-0.05, 0) is 66.5 Å². The minimum absolute atomic E-state index is 0.148. The number of anilines is 1. The fourth-order valence-corrected chi connectivity index (χ4v) is 5.81. The highest BCUT2D eigenvalue weighted by atomic mass is 19.1. The van der Waals surface area contributed by atoms with Crippen molar-refractivity contribution in [2.24, 2.45) is 11.7 Å². The predicted molar refractivity (Wildman–Crippen MR) is 142 cm³/mol. The fraction of sp³-hybridized carbons (Fsp3) is 0.448. The first-order valence-corrected chi connectivity index (χ1v) is 13.3. The van der Waals surface area contributed by atoms with Gasteiger partial charge >= 0.3 is 0 Å². The number of aromatic nitrogens is 2. The number of hydrogen-bond donors (Lipinski definition) is 1. The van der Waals surface area contributed by atoms with E-state index in [1.54, 1.807) is 18.6 Å². The molecule has 2 saturated heterocycles. The Balaban J connectivity index is 1.20. The molecule has 7 nitrogen and oxygen atoms in total. The van der Waals surface area contributed by atoms with Gasteiger partial charge in [0.15, 0.2) is 11.6 Å². The Labute approximate surface area is 217 Å². The molecule has 2 fully saturated rings. The summed E-state index contributed by atoms with van der Waals surface area (Å²) in [6, 6.07) is 11.0. The van der Waals surface area contributed by atoms with E-state index in [4.69, 9.17) is 15.2 Å². The first-order chi connectivity index (χ1) is 18.1. The van der Waals surface area contributed by atoms with Crippen LogP contribution in [0.4, 0.5) is 10.2 Å². The number of nitrogens with two attached hydrogens (primary N) is 1. The zero-order valence-corrected chi connectivity index (χ0v) is 21.1. The summed E-state index contributed by atoms with van der Waals surface area (Å²) in [5, 5.41) is 0. The molecule has 2 N–H and O–H groups in total. The number of benzene rings is 2. The van der Waals surface area contributed by atoms with E-state index < -0.39 is 0 Å². The summed E-state index contributed by atoms with van der Waals surface area (Å²) < 4.78 is 26.3. The van der Waals surface area contributed by atoms with Crippen molar-refractivity contribution in [3.05, 3.63) is 65.9 Å². The van der Waals surface area contributed by atoms with E-state index in [2.05, 4.69) is 31.9 Å². The number of hydrogen-bond acceptors (Lipinski definition) is 7. The molecular formula is C29H34FN5O2. The smallest absolute Gasteiger partial charge is 0.188 e. The largest absolute Gasteiger partial charge is 0.451 e. The van der Waals surface area contributed by atoms with Crippen LogP contribution in [0.5, 0.6) is 11.5 Å². The maximum atomic E-state index is 14.4. The average molecular weight is 504 g/mol. The Hall–Kier alpha value is -3.07. The molecule has 37 heavy (non-hydrogen) atoms. The van der Waals surface area contributed by atoms with E-state index in [9.17, 15) is 4.39 Å². The van der Waals surface area contributed by atoms with Crippen molar-refractivity contribution in [3.8, 4) is 22.6 Å². The summed E-state index contributed by atoms with van der Waals surface area (Å²) in [4.78, 5) is 13.6. The first kappa shape index (κ1) is 24.3. The lowest BCUT2D eigenvalue weighted by atomic mass is 9.99. The van der Waals surface area contributed by atoms with Gasteiger partial charge in [-0.3, -0.25) is 4.90 Å². The molecule has 3 aliphatic rings. The Morgan fingerprint density at radius 2 is 1.78 bits per heavy atom. The van der Waals surface area contributed by atoms with E-state index in [-0.39, 0.29) is 11.9 Å². The second-order valence-corrected chi connectivity index (χ2v) is 10.4. The summed E-state index contributed by atoms with van der Waals surface area (Å²) in [5.41, 5.74) is 10.3. The number of halogens is 1. The Morgan fingerprint density at radius 3 is 2.62 bits per heavy atom. The lowest BCUT2D eigenvalue weighted by Crippen LogP contribution is -2.48. The Kier molecular flexibility index (Phi) is 7.04. The molecule has 1 aromatic heterocycles. The molecule has 0 radical (unpaired) electrons. The number of fused-ring (bicyclic) bond motifs is 1. The van der Waals surface area contributed by atoms with Gasteiger partial charge in [0.05, 0.1) is 6.20 Å². The Bertz CT molecular complexity index is 1240. The topological polar surface area (TPSA) is 76.7 Å². The fourth-order valence-electron chi connectivity index (χ4n) is 5.81.